The zero-order valence-corrected chi connectivity index (χ0v) is 20.0. The highest BCUT2D eigenvalue weighted by atomic mass is 16.6. The van der Waals surface area contributed by atoms with Gasteiger partial charge in [0.25, 0.3) is 5.91 Å². The lowest BCUT2D eigenvalue weighted by molar-refractivity contribution is -0.0542. The third-order valence-electron chi connectivity index (χ3n) is 6.93. The Kier molecular flexibility index (Phi) is 5.86. The molecule has 0 radical (unpaired) electrons. The average molecular weight is 499 g/mol. The maximum absolute atomic E-state index is 13.4. The Morgan fingerprint density at radius 2 is 1.97 bits per heavy atom. The SMILES string of the molecule is O=C(Nc1nc2ccc(C3(O)c4ccccc4C(=O)N3Cc3ccccc3)cc2[nH]1)OCC1CCOC1. The third-order valence-corrected chi connectivity index (χ3v) is 6.93. The first-order valence-electron chi connectivity index (χ1n) is 12.2. The summed E-state index contributed by atoms with van der Waals surface area (Å²) in [5.41, 5.74) is 1.91. The Labute approximate surface area is 213 Å². The molecule has 3 heterocycles. The Morgan fingerprint density at radius 1 is 1.16 bits per heavy atom. The van der Waals surface area contributed by atoms with Crippen molar-refractivity contribution in [3.63, 3.8) is 0 Å². The zero-order chi connectivity index (χ0) is 25.4. The maximum atomic E-state index is 13.4. The van der Waals surface area contributed by atoms with Crippen molar-refractivity contribution in [2.75, 3.05) is 25.1 Å². The number of anilines is 1. The van der Waals surface area contributed by atoms with Crippen LogP contribution in [0.1, 0.15) is 33.5 Å². The monoisotopic (exact) mass is 498 g/mol. The van der Waals surface area contributed by atoms with Crippen LogP contribution in [-0.2, 0) is 21.7 Å². The van der Waals surface area contributed by atoms with E-state index in [1.807, 2.05) is 36.4 Å². The van der Waals surface area contributed by atoms with Gasteiger partial charge >= 0.3 is 6.09 Å². The van der Waals surface area contributed by atoms with E-state index in [0.717, 1.165) is 12.0 Å². The number of aromatic amines is 1. The van der Waals surface area contributed by atoms with E-state index in [1.54, 1.807) is 36.4 Å². The predicted molar refractivity (Wildman–Crippen MR) is 136 cm³/mol. The van der Waals surface area contributed by atoms with Crippen molar-refractivity contribution in [3.8, 4) is 0 Å². The third kappa shape index (κ3) is 4.22. The maximum Gasteiger partial charge on any atom is 0.413 e. The molecule has 37 heavy (non-hydrogen) atoms. The van der Waals surface area contributed by atoms with Crippen LogP contribution in [0.4, 0.5) is 10.7 Å². The number of nitrogens with one attached hydrogen (secondary N) is 2. The highest BCUT2D eigenvalue weighted by Crippen LogP contribution is 2.43. The van der Waals surface area contributed by atoms with Crippen LogP contribution in [0.15, 0.2) is 72.8 Å². The van der Waals surface area contributed by atoms with E-state index in [4.69, 9.17) is 9.47 Å². The van der Waals surface area contributed by atoms with Crippen LogP contribution in [0.2, 0.25) is 0 Å². The molecule has 4 aromatic rings. The van der Waals surface area contributed by atoms with Crippen molar-refractivity contribution in [1.82, 2.24) is 14.9 Å². The Balaban J connectivity index is 1.30. The van der Waals surface area contributed by atoms with Crippen molar-refractivity contribution in [3.05, 3.63) is 95.1 Å². The normalized spacial score (nSPS) is 20.8. The van der Waals surface area contributed by atoms with E-state index in [2.05, 4.69) is 15.3 Å². The Hall–Kier alpha value is -4.21. The number of carbonyl (C=O) groups excluding carboxylic acids is 2. The molecule has 1 saturated heterocycles. The van der Waals surface area contributed by atoms with Crippen molar-refractivity contribution in [2.24, 2.45) is 5.92 Å². The number of carbonyl (C=O) groups is 2. The molecule has 2 unspecified atom stereocenters. The molecule has 9 nitrogen and oxygen atoms in total. The van der Waals surface area contributed by atoms with Gasteiger partial charge in [-0.25, -0.2) is 9.78 Å². The number of rotatable bonds is 6. The molecule has 6 rings (SSSR count). The molecule has 0 saturated carbocycles. The molecule has 1 fully saturated rings. The molecule has 0 bridgehead atoms. The number of imidazole rings is 1. The minimum absolute atomic E-state index is 0.209. The van der Waals surface area contributed by atoms with Gasteiger partial charge in [-0.05, 0) is 30.2 Å². The lowest BCUT2D eigenvalue weighted by atomic mass is 9.93. The second kappa shape index (κ2) is 9.34. The first kappa shape index (κ1) is 23.2. The van der Waals surface area contributed by atoms with Gasteiger partial charge in [0.1, 0.15) is 0 Å². The fourth-order valence-corrected chi connectivity index (χ4v) is 5.00. The molecule has 0 aliphatic carbocycles. The number of aromatic nitrogens is 2. The summed E-state index contributed by atoms with van der Waals surface area (Å²) in [4.78, 5) is 34.6. The Morgan fingerprint density at radius 3 is 2.78 bits per heavy atom. The van der Waals surface area contributed by atoms with Crippen LogP contribution in [0.3, 0.4) is 0 Å². The number of hydrogen-bond acceptors (Lipinski definition) is 6. The van der Waals surface area contributed by atoms with Crippen molar-refractivity contribution in [2.45, 2.75) is 18.7 Å². The summed E-state index contributed by atoms with van der Waals surface area (Å²) in [7, 11) is 0. The molecular weight excluding hydrogens is 472 g/mol. The van der Waals surface area contributed by atoms with Gasteiger partial charge in [-0.1, -0.05) is 54.6 Å². The van der Waals surface area contributed by atoms with Gasteiger partial charge in [-0.15, -0.1) is 0 Å². The molecule has 2 aliphatic heterocycles. The largest absolute Gasteiger partial charge is 0.449 e. The summed E-state index contributed by atoms with van der Waals surface area (Å²) in [5, 5.41) is 14.8. The van der Waals surface area contributed by atoms with E-state index in [0.29, 0.717) is 40.9 Å². The molecule has 2 atom stereocenters. The molecule has 3 N–H and O–H groups in total. The summed E-state index contributed by atoms with van der Waals surface area (Å²) in [6, 6.07) is 21.9. The number of amides is 2. The highest BCUT2D eigenvalue weighted by molar-refractivity contribution is 6.00. The lowest BCUT2D eigenvalue weighted by Crippen LogP contribution is -2.44. The molecule has 3 aromatic carbocycles. The molecular formula is C28H26N4O5. The van der Waals surface area contributed by atoms with Crippen LogP contribution in [0.5, 0.6) is 0 Å². The van der Waals surface area contributed by atoms with Crippen molar-refractivity contribution >= 4 is 29.0 Å². The number of benzene rings is 3. The van der Waals surface area contributed by atoms with Crippen LogP contribution in [0.25, 0.3) is 11.0 Å². The van der Waals surface area contributed by atoms with Gasteiger partial charge in [0.05, 0.1) is 24.2 Å². The van der Waals surface area contributed by atoms with E-state index in [9.17, 15) is 14.7 Å². The van der Waals surface area contributed by atoms with Crippen LogP contribution in [0, 0.1) is 5.92 Å². The number of ether oxygens (including phenoxy) is 2. The van der Waals surface area contributed by atoms with Crippen LogP contribution >= 0.6 is 0 Å². The van der Waals surface area contributed by atoms with E-state index in [1.165, 1.54) is 4.90 Å². The van der Waals surface area contributed by atoms with Gasteiger partial charge in [0.2, 0.25) is 5.95 Å². The van der Waals surface area contributed by atoms with E-state index >= 15 is 0 Å². The van der Waals surface area contributed by atoms with E-state index in [-0.39, 0.29) is 30.9 Å². The van der Waals surface area contributed by atoms with E-state index < -0.39 is 11.8 Å². The number of hydrogen-bond donors (Lipinski definition) is 3. The fourth-order valence-electron chi connectivity index (χ4n) is 5.00. The van der Waals surface area contributed by atoms with Gasteiger partial charge < -0.3 is 19.6 Å². The average Bonchev–Trinajstić information content (AvgIpc) is 3.63. The van der Waals surface area contributed by atoms with Gasteiger partial charge in [-0.3, -0.25) is 15.0 Å². The molecule has 0 spiro atoms. The summed E-state index contributed by atoms with van der Waals surface area (Å²) in [5.74, 6) is 0.195. The van der Waals surface area contributed by atoms with Crippen LogP contribution < -0.4 is 5.32 Å². The first-order valence-corrected chi connectivity index (χ1v) is 12.2. The van der Waals surface area contributed by atoms with Crippen molar-refractivity contribution < 1.29 is 24.2 Å². The summed E-state index contributed by atoms with van der Waals surface area (Å²) in [6.07, 6.45) is 0.269. The lowest BCUT2D eigenvalue weighted by Gasteiger charge is -2.35. The first-order chi connectivity index (χ1) is 18.0. The second-order valence-corrected chi connectivity index (χ2v) is 9.37. The van der Waals surface area contributed by atoms with Crippen LogP contribution in [-0.4, -0.2) is 51.8 Å². The van der Waals surface area contributed by atoms with Gasteiger partial charge in [-0.2, -0.15) is 0 Å². The molecule has 1 aromatic heterocycles. The number of nitrogens with zero attached hydrogens (tertiary/aromatic N) is 2. The number of aliphatic hydroxyl groups is 1. The summed E-state index contributed by atoms with van der Waals surface area (Å²) in [6.45, 7) is 1.80. The number of H-pyrrole nitrogens is 1. The predicted octanol–water partition coefficient (Wildman–Crippen LogP) is 4.00. The molecule has 2 aliphatic rings. The topological polar surface area (TPSA) is 117 Å². The standard InChI is InChI=1S/C28H26N4O5/c33-25-21-8-4-5-9-22(21)28(35,32(25)15-18-6-2-1-3-7-18)20-10-11-23-24(14-20)30-26(29-23)31-27(34)37-17-19-12-13-36-16-19/h1-11,14,19,35H,12-13,15-17H2,(H2,29,30,31,34). The molecule has 9 heteroatoms. The van der Waals surface area contributed by atoms with Gasteiger partial charge in [0.15, 0.2) is 5.72 Å². The fraction of sp³-hybridized carbons (Fsp3) is 0.250. The summed E-state index contributed by atoms with van der Waals surface area (Å²) < 4.78 is 10.6. The minimum atomic E-state index is -1.68. The Bertz CT molecular complexity index is 1460. The highest BCUT2D eigenvalue weighted by Gasteiger charge is 2.49. The molecule has 2 amide bonds. The zero-order valence-electron chi connectivity index (χ0n) is 20.0. The number of fused-ring (bicyclic) bond motifs is 2. The smallest absolute Gasteiger partial charge is 0.413 e. The van der Waals surface area contributed by atoms with Crippen molar-refractivity contribution in [1.29, 1.82) is 0 Å². The molecule has 188 valence electrons. The van der Waals surface area contributed by atoms with Gasteiger partial charge in [0, 0.05) is 35.8 Å². The minimum Gasteiger partial charge on any atom is -0.449 e. The quantitative estimate of drug-likeness (QED) is 0.370. The summed E-state index contributed by atoms with van der Waals surface area (Å²) >= 11 is 0. The second-order valence-electron chi connectivity index (χ2n) is 9.37.